The number of amides is 1. The second-order valence-electron chi connectivity index (χ2n) is 4.92. The molecule has 1 aromatic carbocycles. The third kappa shape index (κ3) is 2.43. The Morgan fingerprint density at radius 3 is 2.71 bits per heavy atom. The molecule has 0 radical (unpaired) electrons. The van der Waals surface area contributed by atoms with Gasteiger partial charge in [-0.3, -0.25) is 4.79 Å². The first kappa shape index (κ1) is 12.0. The van der Waals surface area contributed by atoms with Crippen LogP contribution in [0.15, 0.2) is 24.3 Å². The lowest BCUT2D eigenvalue weighted by atomic mass is 9.82. The van der Waals surface area contributed by atoms with Gasteiger partial charge in [0.1, 0.15) is 0 Å². The lowest BCUT2D eigenvalue weighted by Crippen LogP contribution is -2.33. The van der Waals surface area contributed by atoms with Crippen LogP contribution < -0.4 is 11.1 Å². The van der Waals surface area contributed by atoms with E-state index in [-0.39, 0.29) is 11.3 Å². The van der Waals surface area contributed by atoms with E-state index in [9.17, 15) is 4.79 Å². The molecule has 1 saturated carbocycles. The van der Waals surface area contributed by atoms with Gasteiger partial charge in [-0.05, 0) is 37.5 Å². The molecule has 0 heterocycles. The molecule has 1 aliphatic rings. The molecule has 1 aromatic rings. The highest BCUT2D eigenvalue weighted by Crippen LogP contribution is 2.41. The second kappa shape index (κ2) is 4.78. The highest BCUT2D eigenvalue weighted by molar-refractivity contribution is 5.95. The number of benzene rings is 1. The predicted octanol–water partition coefficient (Wildman–Crippen LogP) is 3.18. The minimum absolute atomic E-state index is 0.148. The molecule has 3 N–H and O–H groups in total. The Morgan fingerprint density at radius 1 is 1.41 bits per heavy atom. The minimum Gasteiger partial charge on any atom is -0.399 e. The molecule has 1 amide bonds. The maximum absolute atomic E-state index is 12.3. The van der Waals surface area contributed by atoms with Crippen molar-refractivity contribution in [1.82, 2.24) is 0 Å². The first-order valence-electron chi connectivity index (χ1n) is 6.33. The molecule has 0 saturated heterocycles. The summed E-state index contributed by atoms with van der Waals surface area (Å²) in [5, 5.41) is 3.00. The Labute approximate surface area is 102 Å². The highest BCUT2D eigenvalue weighted by Gasteiger charge is 2.39. The lowest BCUT2D eigenvalue weighted by molar-refractivity contribution is -0.125. The molecule has 0 aliphatic heterocycles. The minimum atomic E-state index is -0.148. The Morgan fingerprint density at radius 2 is 2.12 bits per heavy atom. The standard InChI is InChI=1S/C14H20N2O/c1-2-14(8-3-4-9-14)13(17)16-12-7-5-6-11(15)10-12/h5-7,10H,2-4,8-9,15H2,1H3,(H,16,17). The Balaban J connectivity index is 2.10. The molecule has 92 valence electrons. The number of carbonyl (C=O) groups is 1. The van der Waals surface area contributed by atoms with Gasteiger partial charge in [-0.2, -0.15) is 0 Å². The zero-order chi connectivity index (χ0) is 12.3. The van der Waals surface area contributed by atoms with Crippen molar-refractivity contribution in [2.75, 3.05) is 11.1 Å². The molecule has 0 atom stereocenters. The number of hydrogen-bond donors (Lipinski definition) is 2. The van der Waals surface area contributed by atoms with Crippen LogP contribution in [-0.4, -0.2) is 5.91 Å². The number of nitrogens with one attached hydrogen (secondary N) is 1. The van der Waals surface area contributed by atoms with Crippen LogP contribution in [0.1, 0.15) is 39.0 Å². The molecule has 1 fully saturated rings. The second-order valence-corrected chi connectivity index (χ2v) is 4.92. The fraction of sp³-hybridized carbons (Fsp3) is 0.500. The van der Waals surface area contributed by atoms with Gasteiger partial charge < -0.3 is 11.1 Å². The summed E-state index contributed by atoms with van der Waals surface area (Å²) in [5.74, 6) is 0.156. The molecule has 1 aliphatic carbocycles. The van der Waals surface area contributed by atoms with E-state index in [1.54, 1.807) is 6.07 Å². The number of carbonyl (C=O) groups excluding carboxylic acids is 1. The van der Waals surface area contributed by atoms with Crippen molar-refractivity contribution in [1.29, 1.82) is 0 Å². The molecular weight excluding hydrogens is 212 g/mol. The van der Waals surface area contributed by atoms with E-state index in [4.69, 9.17) is 5.73 Å². The summed E-state index contributed by atoms with van der Waals surface area (Å²) in [6.07, 6.45) is 5.27. The van der Waals surface area contributed by atoms with Crippen LogP contribution in [0.2, 0.25) is 0 Å². The van der Waals surface area contributed by atoms with Gasteiger partial charge in [-0.1, -0.05) is 25.8 Å². The van der Waals surface area contributed by atoms with E-state index >= 15 is 0 Å². The maximum Gasteiger partial charge on any atom is 0.230 e. The van der Waals surface area contributed by atoms with Crippen LogP contribution in [0.4, 0.5) is 11.4 Å². The van der Waals surface area contributed by atoms with Crippen molar-refractivity contribution < 1.29 is 4.79 Å². The van der Waals surface area contributed by atoms with Gasteiger partial charge in [-0.15, -0.1) is 0 Å². The molecule has 0 bridgehead atoms. The zero-order valence-electron chi connectivity index (χ0n) is 10.3. The smallest absolute Gasteiger partial charge is 0.230 e. The third-order valence-corrected chi connectivity index (χ3v) is 3.86. The fourth-order valence-corrected chi connectivity index (χ4v) is 2.67. The monoisotopic (exact) mass is 232 g/mol. The van der Waals surface area contributed by atoms with Crippen molar-refractivity contribution in [3.05, 3.63) is 24.3 Å². The number of anilines is 2. The molecule has 0 aromatic heterocycles. The number of nitrogens with two attached hydrogens (primary N) is 1. The highest BCUT2D eigenvalue weighted by atomic mass is 16.2. The van der Waals surface area contributed by atoms with Crippen molar-refractivity contribution in [3.63, 3.8) is 0 Å². The predicted molar refractivity (Wildman–Crippen MR) is 70.7 cm³/mol. The topological polar surface area (TPSA) is 55.1 Å². The van der Waals surface area contributed by atoms with Crippen molar-refractivity contribution in [2.45, 2.75) is 39.0 Å². The molecular formula is C14H20N2O. The largest absolute Gasteiger partial charge is 0.399 e. The van der Waals surface area contributed by atoms with Crippen molar-refractivity contribution >= 4 is 17.3 Å². The summed E-state index contributed by atoms with van der Waals surface area (Å²) < 4.78 is 0. The van der Waals surface area contributed by atoms with E-state index in [0.717, 1.165) is 37.8 Å². The average molecular weight is 232 g/mol. The van der Waals surface area contributed by atoms with Gasteiger partial charge >= 0.3 is 0 Å². The summed E-state index contributed by atoms with van der Waals surface area (Å²) in [4.78, 5) is 12.3. The van der Waals surface area contributed by atoms with Crippen LogP contribution in [0.3, 0.4) is 0 Å². The Bertz CT molecular complexity index is 408. The Hall–Kier alpha value is -1.51. The van der Waals surface area contributed by atoms with Gasteiger partial charge in [0.05, 0.1) is 0 Å². The maximum atomic E-state index is 12.3. The van der Waals surface area contributed by atoms with Crippen LogP contribution in [0.5, 0.6) is 0 Å². The van der Waals surface area contributed by atoms with Crippen molar-refractivity contribution in [3.8, 4) is 0 Å². The summed E-state index contributed by atoms with van der Waals surface area (Å²) in [6.45, 7) is 2.10. The number of rotatable bonds is 3. The van der Waals surface area contributed by atoms with Crippen LogP contribution >= 0.6 is 0 Å². The third-order valence-electron chi connectivity index (χ3n) is 3.86. The quantitative estimate of drug-likeness (QED) is 0.786. The van der Waals surface area contributed by atoms with Gasteiger partial charge in [-0.25, -0.2) is 0 Å². The van der Waals surface area contributed by atoms with E-state index < -0.39 is 0 Å². The SMILES string of the molecule is CCC1(C(=O)Nc2cccc(N)c2)CCCC1. The van der Waals surface area contributed by atoms with Crippen molar-refractivity contribution in [2.24, 2.45) is 5.41 Å². The summed E-state index contributed by atoms with van der Waals surface area (Å²) in [5.41, 5.74) is 7.03. The first-order chi connectivity index (χ1) is 8.16. The molecule has 0 unspecified atom stereocenters. The van der Waals surface area contributed by atoms with E-state index in [1.165, 1.54) is 0 Å². The molecule has 17 heavy (non-hydrogen) atoms. The summed E-state index contributed by atoms with van der Waals surface area (Å²) in [7, 11) is 0. The normalized spacial score (nSPS) is 17.9. The molecule has 3 heteroatoms. The summed E-state index contributed by atoms with van der Waals surface area (Å²) >= 11 is 0. The number of hydrogen-bond acceptors (Lipinski definition) is 2. The Kier molecular flexibility index (Phi) is 3.36. The van der Waals surface area contributed by atoms with E-state index in [0.29, 0.717) is 5.69 Å². The first-order valence-corrected chi connectivity index (χ1v) is 6.33. The van der Waals surface area contributed by atoms with Crippen LogP contribution in [0.25, 0.3) is 0 Å². The average Bonchev–Trinajstić information content (AvgIpc) is 2.78. The zero-order valence-corrected chi connectivity index (χ0v) is 10.3. The van der Waals surface area contributed by atoms with Gasteiger partial charge in [0.15, 0.2) is 0 Å². The van der Waals surface area contributed by atoms with Crippen LogP contribution in [0, 0.1) is 5.41 Å². The lowest BCUT2D eigenvalue weighted by Gasteiger charge is -2.26. The molecule has 3 nitrogen and oxygen atoms in total. The van der Waals surface area contributed by atoms with Gasteiger partial charge in [0.25, 0.3) is 0 Å². The van der Waals surface area contributed by atoms with Gasteiger partial charge in [0, 0.05) is 16.8 Å². The van der Waals surface area contributed by atoms with Gasteiger partial charge in [0.2, 0.25) is 5.91 Å². The molecule has 0 spiro atoms. The number of nitrogen functional groups attached to an aromatic ring is 1. The van der Waals surface area contributed by atoms with E-state index in [2.05, 4.69) is 12.2 Å². The van der Waals surface area contributed by atoms with Crippen LogP contribution in [-0.2, 0) is 4.79 Å². The molecule has 2 rings (SSSR count). The fourth-order valence-electron chi connectivity index (χ4n) is 2.67. The van der Waals surface area contributed by atoms with E-state index in [1.807, 2.05) is 18.2 Å². The summed E-state index contributed by atoms with van der Waals surface area (Å²) in [6, 6.07) is 7.36.